The molecule has 0 saturated carbocycles. The summed E-state index contributed by atoms with van der Waals surface area (Å²) in [6.45, 7) is 14.9. The molecule has 0 aromatic rings. The van der Waals surface area contributed by atoms with Crippen molar-refractivity contribution in [2.75, 3.05) is 34.5 Å². The van der Waals surface area contributed by atoms with Gasteiger partial charge in [0.15, 0.2) is 0 Å². The second kappa shape index (κ2) is 32.0. The standard InChI is InChI=1S/C8H14.C7H14O.C6H12O.CH5N.2CH4O/c1-4-5-6-7-8(2)3;1-3-4-5-7-6(2)8-7;1-6-3-2-4-7-5-6;3*1-2/h4-8H,1-3H3;6-7H,3-5H2,1-2H3;6H,2-5H2,1H3;2H2,1H3;2*2H,1H3/b5-4-,7-6+;;;;;. The van der Waals surface area contributed by atoms with Gasteiger partial charge in [0, 0.05) is 27.4 Å². The van der Waals surface area contributed by atoms with Gasteiger partial charge in [-0.25, -0.2) is 0 Å². The van der Waals surface area contributed by atoms with Gasteiger partial charge in [0.05, 0.1) is 12.2 Å². The first kappa shape index (κ1) is 35.7. The van der Waals surface area contributed by atoms with Crippen molar-refractivity contribution in [3.05, 3.63) is 24.3 Å². The van der Waals surface area contributed by atoms with Gasteiger partial charge in [-0.2, -0.15) is 0 Å². The minimum atomic E-state index is 0.571. The minimum Gasteiger partial charge on any atom is -0.400 e. The summed E-state index contributed by atoms with van der Waals surface area (Å²) in [6.07, 6.45) is 16.0. The monoisotopic (exact) mass is 419 g/mol. The van der Waals surface area contributed by atoms with E-state index in [1.165, 1.54) is 39.2 Å². The Hall–Kier alpha value is -0.720. The zero-order valence-electron chi connectivity index (χ0n) is 20.9. The smallest absolute Gasteiger partial charge is 0.0839 e. The van der Waals surface area contributed by atoms with Crippen molar-refractivity contribution in [3.8, 4) is 0 Å². The van der Waals surface area contributed by atoms with E-state index in [0.29, 0.717) is 18.1 Å². The number of ether oxygens (including phenoxy) is 2. The molecule has 5 nitrogen and oxygen atoms in total. The fourth-order valence-electron chi connectivity index (χ4n) is 2.24. The Morgan fingerprint density at radius 3 is 1.90 bits per heavy atom. The van der Waals surface area contributed by atoms with E-state index in [-0.39, 0.29) is 0 Å². The van der Waals surface area contributed by atoms with E-state index >= 15 is 0 Å². The molecular weight excluding hydrogens is 366 g/mol. The molecule has 0 radical (unpaired) electrons. The second-order valence-corrected chi connectivity index (χ2v) is 7.00. The van der Waals surface area contributed by atoms with E-state index in [1.807, 2.05) is 19.1 Å². The number of unbranched alkanes of at least 4 members (excludes halogenated alkanes) is 1. The molecule has 2 saturated heterocycles. The van der Waals surface area contributed by atoms with Crippen LogP contribution in [0.2, 0.25) is 0 Å². The third-order valence-electron chi connectivity index (χ3n) is 3.87. The molecule has 178 valence electrons. The summed E-state index contributed by atoms with van der Waals surface area (Å²) in [5.74, 6) is 1.49. The largest absolute Gasteiger partial charge is 0.400 e. The van der Waals surface area contributed by atoms with Gasteiger partial charge in [0.1, 0.15) is 0 Å². The molecule has 3 atom stereocenters. The summed E-state index contributed by atoms with van der Waals surface area (Å²) in [4.78, 5) is 0. The van der Waals surface area contributed by atoms with Crippen LogP contribution in [-0.4, -0.2) is 56.9 Å². The SMILES string of the molecule is C/C=C\C=C\C(C)C.CC1CCCOC1.CCCCC1OC1C.CN.CO.CO. The lowest BCUT2D eigenvalue weighted by Crippen LogP contribution is -2.13. The summed E-state index contributed by atoms with van der Waals surface area (Å²) in [7, 11) is 3.50. The zero-order chi connectivity index (χ0) is 23.5. The number of aliphatic hydroxyl groups is 2. The van der Waals surface area contributed by atoms with Crippen LogP contribution in [0.5, 0.6) is 0 Å². The van der Waals surface area contributed by atoms with E-state index in [0.717, 1.165) is 33.4 Å². The number of aliphatic hydroxyl groups excluding tert-OH is 2. The van der Waals surface area contributed by atoms with Crippen molar-refractivity contribution in [2.45, 2.75) is 85.9 Å². The number of nitrogens with two attached hydrogens (primary N) is 1. The third-order valence-corrected chi connectivity index (χ3v) is 3.87. The predicted molar refractivity (Wildman–Crippen MR) is 128 cm³/mol. The summed E-state index contributed by atoms with van der Waals surface area (Å²) in [5, 5.41) is 14.0. The molecule has 0 aromatic carbocycles. The highest BCUT2D eigenvalue weighted by Crippen LogP contribution is 2.25. The van der Waals surface area contributed by atoms with Crippen molar-refractivity contribution in [1.82, 2.24) is 0 Å². The van der Waals surface area contributed by atoms with Crippen LogP contribution in [0.25, 0.3) is 0 Å². The first-order valence-electron chi connectivity index (χ1n) is 11.0. The highest BCUT2D eigenvalue weighted by molar-refractivity contribution is 5.01. The molecule has 0 amide bonds. The fraction of sp³-hybridized carbons (Fsp3) is 0.833. The van der Waals surface area contributed by atoms with Gasteiger partial charge in [0.2, 0.25) is 0 Å². The fourth-order valence-corrected chi connectivity index (χ4v) is 2.24. The molecule has 2 aliphatic rings. The maximum Gasteiger partial charge on any atom is 0.0839 e. The van der Waals surface area contributed by atoms with Crippen LogP contribution in [-0.2, 0) is 9.47 Å². The van der Waals surface area contributed by atoms with Crippen LogP contribution < -0.4 is 5.73 Å². The molecule has 0 spiro atoms. The molecule has 2 fully saturated rings. The number of hydrogen-bond donors (Lipinski definition) is 3. The molecule has 0 aromatic heterocycles. The normalized spacial score (nSPS) is 21.8. The molecule has 2 aliphatic heterocycles. The van der Waals surface area contributed by atoms with Crippen LogP contribution in [0.15, 0.2) is 24.3 Å². The lowest BCUT2D eigenvalue weighted by atomic mass is 10.1. The van der Waals surface area contributed by atoms with Gasteiger partial charge in [-0.05, 0) is 52.0 Å². The second-order valence-electron chi connectivity index (χ2n) is 7.00. The summed E-state index contributed by atoms with van der Waals surface area (Å²) < 4.78 is 10.4. The highest BCUT2D eigenvalue weighted by Gasteiger charge is 2.32. The molecule has 0 aliphatic carbocycles. The maximum atomic E-state index is 7.00. The van der Waals surface area contributed by atoms with Gasteiger partial charge in [0.25, 0.3) is 0 Å². The molecular formula is C24H53NO4. The van der Waals surface area contributed by atoms with E-state index in [9.17, 15) is 0 Å². The van der Waals surface area contributed by atoms with E-state index in [2.05, 4.69) is 52.5 Å². The predicted octanol–water partition coefficient (Wildman–Crippen LogP) is 4.96. The minimum absolute atomic E-state index is 0.571. The average Bonchev–Trinajstić information content (AvgIpc) is 3.47. The summed E-state index contributed by atoms with van der Waals surface area (Å²) >= 11 is 0. The maximum absolute atomic E-state index is 7.00. The van der Waals surface area contributed by atoms with Gasteiger partial charge >= 0.3 is 0 Å². The number of rotatable bonds is 5. The van der Waals surface area contributed by atoms with Gasteiger partial charge < -0.3 is 25.4 Å². The topological polar surface area (TPSA) is 88.2 Å². The Bertz CT molecular complexity index is 314. The summed E-state index contributed by atoms with van der Waals surface area (Å²) in [5.41, 5.74) is 4.50. The van der Waals surface area contributed by atoms with E-state index in [1.54, 1.807) is 0 Å². The van der Waals surface area contributed by atoms with Gasteiger partial charge in [-0.1, -0.05) is 64.8 Å². The highest BCUT2D eigenvalue weighted by atomic mass is 16.6. The Morgan fingerprint density at radius 2 is 1.62 bits per heavy atom. The first-order valence-corrected chi connectivity index (χ1v) is 11.0. The molecule has 2 rings (SSSR count). The Kier molecular flexibility index (Phi) is 39.3. The Morgan fingerprint density at radius 1 is 1.07 bits per heavy atom. The van der Waals surface area contributed by atoms with Crippen molar-refractivity contribution in [3.63, 3.8) is 0 Å². The van der Waals surface area contributed by atoms with Crippen LogP contribution >= 0.6 is 0 Å². The van der Waals surface area contributed by atoms with Crippen LogP contribution in [0.4, 0.5) is 0 Å². The summed E-state index contributed by atoms with van der Waals surface area (Å²) in [6, 6.07) is 0. The lowest BCUT2D eigenvalue weighted by Gasteiger charge is -2.16. The Balaban J connectivity index is -0.000000143. The van der Waals surface area contributed by atoms with Gasteiger partial charge in [-0.15, -0.1) is 0 Å². The van der Waals surface area contributed by atoms with E-state index in [4.69, 9.17) is 19.7 Å². The van der Waals surface area contributed by atoms with Crippen LogP contribution in [0.3, 0.4) is 0 Å². The van der Waals surface area contributed by atoms with Crippen LogP contribution in [0.1, 0.15) is 73.6 Å². The molecule has 2 heterocycles. The molecule has 0 bridgehead atoms. The molecule has 4 N–H and O–H groups in total. The van der Waals surface area contributed by atoms with Crippen LogP contribution in [0, 0.1) is 11.8 Å². The van der Waals surface area contributed by atoms with Crippen molar-refractivity contribution in [2.24, 2.45) is 17.6 Å². The van der Waals surface area contributed by atoms with E-state index < -0.39 is 0 Å². The first-order chi connectivity index (χ1) is 14.0. The lowest BCUT2D eigenvalue weighted by molar-refractivity contribution is 0.0616. The quantitative estimate of drug-likeness (QED) is 0.433. The van der Waals surface area contributed by atoms with Crippen molar-refractivity contribution >= 4 is 0 Å². The molecule has 5 heteroatoms. The van der Waals surface area contributed by atoms with Crippen molar-refractivity contribution < 1.29 is 19.7 Å². The zero-order valence-corrected chi connectivity index (χ0v) is 20.9. The third kappa shape index (κ3) is 35.1. The average molecular weight is 420 g/mol. The number of hydrogen-bond acceptors (Lipinski definition) is 5. The number of allylic oxidation sites excluding steroid dienone is 4. The molecule has 3 unspecified atom stereocenters. The number of epoxide rings is 1. The van der Waals surface area contributed by atoms with Crippen molar-refractivity contribution in [1.29, 1.82) is 0 Å². The van der Waals surface area contributed by atoms with Gasteiger partial charge in [-0.3, -0.25) is 0 Å². The Labute approximate surface area is 182 Å². The molecule has 29 heavy (non-hydrogen) atoms.